The average Bonchev–Trinajstić information content (AvgIpc) is 3.51. The largest absolute Gasteiger partial charge is 0.463 e. The van der Waals surface area contributed by atoms with Crippen molar-refractivity contribution < 1.29 is 14.3 Å². The van der Waals surface area contributed by atoms with Gasteiger partial charge in [0.2, 0.25) is 0 Å². The Morgan fingerprint density at radius 2 is 1.28 bits per heavy atom. The molecule has 0 saturated carbocycles. The Bertz CT molecular complexity index is 382. The third-order valence-corrected chi connectivity index (χ3v) is 6.41. The lowest BCUT2D eigenvalue weighted by molar-refractivity contribution is -0.146. The van der Waals surface area contributed by atoms with Crippen LogP contribution in [-0.2, 0) is 14.3 Å². The van der Waals surface area contributed by atoms with Crippen LogP contribution in [-0.4, -0.2) is 24.8 Å². The van der Waals surface area contributed by atoms with Gasteiger partial charge in [-0.3, -0.25) is 0 Å². The third kappa shape index (κ3) is 14.1. The Morgan fingerprint density at radius 3 is 1.79 bits per heavy atom. The van der Waals surface area contributed by atoms with Crippen LogP contribution >= 0.6 is 0 Å². The van der Waals surface area contributed by atoms with Gasteiger partial charge < -0.3 is 9.47 Å². The van der Waals surface area contributed by atoms with Gasteiger partial charge in [-0.15, -0.1) is 0 Å². The highest BCUT2D eigenvalue weighted by Crippen LogP contribution is 2.29. The standard InChI is InChI=1S/C26H50O3/c1-4-7-9-10-11-12-13-14-15-16-17-18-19-21-24-25(29-24)26(27)28-22-23(6-3)20-8-5-2/h23-25H,4-22H2,1-3H3. The van der Waals surface area contributed by atoms with Gasteiger partial charge in [0.05, 0.1) is 12.7 Å². The SMILES string of the molecule is CCCCCCCCCCCCCCCC1OC1C(=O)OCC(CC)CCCC. The molecule has 0 aromatic rings. The molecule has 0 spiro atoms. The number of carbonyl (C=O) groups excluding carboxylic acids is 1. The van der Waals surface area contributed by atoms with Crippen LogP contribution in [0.4, 0.5) is 0 Å². The molecule has 0 N–H and O–H groups in total. The van der Waals surface area contributed by atoms with E-state index in [1.165, 1.54) is 96.3 Å². The van der Waals surface area contributed by atoms with E-state index in [2.05, 4.69) is 20.8 Å². The Labute approximate surface area is 181 Å². The summed E-state index contributed by atoms with van der Waals surface area (Å²) in [5, 5.41) is 0. The molecule has 3 atom stereocenters. The molecule has 1 heterocycles. The molecule has 0 bridgehead atoms. The highest BCUT2D eigenvalue weighted by molar-refractivity contribution is 5.77. The fraction of sp³-hybridized carbons (Fsp3) is 0.962. The van der Waals surface area contributed by atoms with E-state index in [1.807, 2.05) is 0 Å². The van der Waals surface area contributed by atoms with Crippen LogP contribution in [0.5, 0.6) is 0 Å². The van der Waals surface area contributed by atoms with Crippen molar-refractivity contribution in [2.75, 3.05) is 6.61 Å². The van der Waals surface area contributed by atoms with Gasteiger partial charge in [-0.05, 0) is 18.8 Å². The van der Waals surface area contributed by atoms with Crippen LogP contribution in [0.3, 0.4) is 0 Å². The van der Waals surface area contributed by atoms with Gasteiger partial charge in [-0.25, -0.2) is 4.79 Å². The van der Waals surface area contributed by atoms with Crippen molar-refractivity contribution in [2.45, 2.75) is 149 Å². The van der Waals surface area contributed by atoms with Gasteiger partial charge in [0.15, 0.2) is 6.10 Å². The molecule has 3 unspecified atom stereocenters. The number of esters is 1. The summed E-state index contributed by atoms with van der Waals surface area (Å²) in [6.07, 6.45) is 23.4. The molecule has 1 rings (SSSR count). The molecule has 0 radical (unpaired) electrons. The first-order valence-electron chi connectivity index (χ1n) is 13.0. The molecule has 1 saturated heterocycles. The van der Waals surface area contributed by atoms with Gasteiger partial charge in [-0.1, -0.05) is 124 Å². The van der Waals surface area contributed by atoms with E-state index >= 15 is 0 Å². The van der Waals surface area contributed by atoms with Crippen LogP contribution in [0.1, 0.15) is 136 Å². The van der Waals surface area contributed by atoms with Crippen molar-refractivity contribution in [1.82, 2.24) is 0 Å². The first-order valence-corrected chi connectivity index (χ1v) is 13.0. The number of epoxide rings is 1. The molecule has 3 nitrogen and oxygen atoms in total. The first kappa shape index (κ1) is 26.5. The van der Waals surface area contributed by atoms with E-state index < -0.39 is 0 Å². The van der Waals surface area contributed by atoms with Crippen LogP contribution in [0, 0.1) is 5.92 Å². The lowest BCUT2D eigenvalue weighted by Gasteiger charge is -2.14. The fourth-order valence-corrected chi connectivity index (χ4v) is 4.11. The summed E-state index contributed by atoms with van der Waals surface area (Å²) in [5.74, 6) is 0.386. The zero-order chi connectivity index (χ0) is 21.2. The molecular weight excluding hydrogens is 360 g/mol. The number of hydrogen-bond donors (Lipinski definition) is 0. The summed E-state index contributed by atoms with van der Waals surface area (Å²) in [6, 6.07) is 0. The van der Waals surface area contributed by atoms with E-state index in [0.717, 1.165) is 19.3 Å². The van der Waals surface area contributed by atoms with Crippen molar-refractivity contribution in [1.29, 1.82) is 0 Å². The zero-order valence-electron chi connectivity index (χ0n) is 19.9. The molecule has 3 heteroatoms. The molecule has 1 aliphatic heterocycles. The van der Waals surface area contributed by atoms with Crippen LogP contribution in [0.2, 0.25) is 0 Å². The zero-order valence-corrected chi connectivity index (χ0v) is 19.9. The van der Waals surface area contributed by atoms with E-state index in [1.54, 1.807) is 0 Å². The molecule has 0 aromatic carbocycles. The molecule has 1 aliphatic rings. The highest BCUT2D eigenvalue weighted by atomic mass is 16.6. The lowest BCUT2D eigenvalue weighted by atomic mass is 10.0. The molecule has 0 aromatic heterocycles. The maximum absolute atomic E-state index is 12.1. The number of unbranched alkanes of at least 4 members (excludes halogenated alkanes) is 13. The van der Waals surface area contributed by atoms with E-state index in [-0.39, 0.29) is 18.2 Å². The summed E-state index contributed by atoms with van der Waals surface area (Å²) in [6.45, 7) is 7.24. The second-order valence-corrected chi connectivity index (χ2v) is 9.17. The predicted molar refractivity (Wildman–Crippen MR) is 123 cm³/mol. The van der Waals surface area contributed by atoms with Gasteiger partial charge in [-0.2, -0.15) is 0 Å². The van der Waals surface area contributed by atoms with Crippen molar-refractivity contribution in [3.8, 4) is 0 Å². The van der Waals surface area contributed by atoms with Gasteiger partial charge in [0, 0.05) is 0 Å². The summed E-state index contributed by atoms with van der Waals surface area (Å²) < 4.78 is 11.1. The smallest absolute Gasteiger partial charge is 0.338 e. The molecule has 0 amide bonds. The Morgan fingerprint density at radius 1 is 0.759 bits per heavy atom. The summed E-state index contributed by atoms with van der Waals surface area (Å²) in [4.78, 5) is 12.1. The highest BCUT2D eigenvalue weighted by Gasteiger charge is 2.45. The Kier molecular flexibility index (Phi) is 16.6. The predicted octanol–water partition coefficient (Wildman–Crippen LogP) is 7.99. The maximum Gasteiger partial charge on any atom is 0.338 e. The molecule has 29 heavy (non-hydrogen) atoms. The van der Waals surface area contributed by atoms with Crippen molar-refractivity contribution in [2.24, 2.45) is 5.92 Å². The maximum atomic E-state index is 12.1. The number of rotatable bonds is 21. The van der Waals surface area contributed by atoms with Gasteiger partial charge in [0.1, 0.15) is 0 Å². The fourth-order valence-electron chi connectivity index (χ4n) is 4.11. The summed E-state index contributed by atoms with van der Waals surface area (Å²) in [5.41, 5.74) is 0. The van der Waals surface area contributed by atoms with Crippen molar-refractivity contribution in [3.05, 3.63) is 0 Å². The van der Waals surface area contributed by atoms with E-state index in [4.69, 9.17) is 9.47 Å². The van der Waals surface area contributed by atoms with Crippen molar-refractivity contribution in [3.63, 3.8) is 0 Å². The monoisotopic (exact) mass is 410 g/mol. The molecular formula is C26H50O3. The number of ether oxygens (including phenoxy) is 2. The van der Waals surface area contributed by atoms with E-state index in [0.29, 0.717) is 12.5 Å². The summed E-state index contributed by atoms with van der Waals surface area (Å²) >= 11 is 0. The average molecular weight is 411 g/mol. The van der Waals surface area contributed by atoms with Crippen LogP contribution in [0.15, 0.2) is 0 Å². The number of carbonyl (C=O) groups is 1. The quantitative estimate of drug-likeness (QED) is 0.109. The minimum absolute atomic E-state index is 0.125. The molecule has 172 valence electrons. The topological polar surface area (TPSA) is 38.8 Å². The molecule has 1 fully saturated rings. The minimum Gasteiger partial charge on any atom is -0.463 e. The minimum atomic E-state index is -0.268. The van der Waals surface area contributed by atoms with Crippen LogP contribution in [0.25, 0.3) is 0 Å². The third-order valence-electron chi connectivity index (χ3n) is 6.41. The second kappa shape index (κ2) is 18.2. The number of hydrogen-bond acceptors (Lipinski definition) is 3. The second-order valence-electron chi connectivity index (χ2n) is 9.17. The normalized spacial score (nSPS) is 19.3. The van der Waals surface area contributed by atoms with E-state index in [9.17, 15) is 4.79 Å². The van der Waals surface area contributed by atoms with Crippen molar-refractivity contribution >= 4 is 5.97 Å². The Balaban J connectivity index is 1.86. The lowest BCUT2D eigenvalue weighted by Crippen LogP contribution is -2.19. The Hall–Kier alpha value is -0.570. The first-order chi connectivity index (χ1) is 14.2. The van der Waals surface area contributed by atoms with Gasteiger partial charge >= 0.3 is 5.97 Å². The molecule has 0 aliphatic carbocycles. The van der Waals surface area contributed by atoms with Gasteiger partial charge in [0.25, 0.3) is 0 Å². The van der Waals surface area contributed by atoms with Crippen LogP contribution < -0.4 is 0 Å². The summed E-state index contributed by atoms with van der Waals surface area (Å²) in [7, 11) is 0.